The van der Waals surface area contributed by atoms with Crippen molar-refractivity contribution in [3.05, 3.63) is 53.9 Å². The van der Waals surface area contributed by atoms with Crippen molar-refractivity contribution < 1.29 is 9.50 Å². The molecule has 84 valence electrons. The highest BCUT2D eigenvalue weighted by molar-refractivity contribution is 14.1. The van der Waals surface area contributed by atoms with Crippen molar-refractivity contribution in [2.24, 2.45) is 0 Å². The molecule has 1 atom stereocenters. The smallest absolute Gasteiger partial charge is 0.124 e. The molecule has 1 nitrogen and oxygen atoms in total. The number of thiophene rings is 1. The van der Waals surface area contributed by atoms with Crippen LogP contribution in [0.15, 0.2) is 34.1 Å². The zero-order valence-corrected chi connectivity index (χ0v) is 12.5. The van der Waals surface area contributed by atoms with Gasteiger partial charge in [-0.05, 0) is 68.3 Å². The molecule has 0 fully saturated rings. The van der Waals surface area contributed by atoms with Crippen molar-refractivity contribution in [2.75, 3.05) is 0 Å². The van der Waals surface area contributed by atoms with Crippen LogP contribution in [-0.2, 0) is 0 Å². The summed E-state index contributed by atoms with van der Waals surface area (Å²) in [5.41, 5.74) is 0.733. The minimum atomic E-state index is -0.691. The number of hydrogen-bond donors (Lipinski definition) is 1. The molecule has 0 aliphatic rings. The molecular weight excluding hydrogens is 406 g/mol. The fraction of sp³-hybridized carbons (Fsp3) is 0.0909. The molecule has 1 unspecified atom stereocenters. The van der Waals surface area contributed by atoms with Crippen molar-refractivity contribution in [2.45, 2.75) is 6.10 Å². The van der Waals surface area contributed by atoms with Crippen molar-refractivity contribution >= 4 is 49.9 Å². The quantitative estimate of drug-likeness (QED) is 0.727. The molecule has 1 N–H and O–H groups in total. The highest BCUT2D eigenvalue weighted by atomic mass is 127. The van der Waals surface area contributed by atoms with Gasteiger partial charge in [0, 0.05) is 8.45 Å². The van der Waals surface area contributed by atoms with E-state index in [4.69, 9.17) is 0 Å². The van der Waals surface area contributed by atoms with Crippen LogP contribution in [0.1, 0.15) is 16.5 Å². The van der Waals surface area contributed by atoms with Gasteiger partial charge in [0.2, 0.25) is 0 Å². The first-order valence-electron chi connectivity index (χ1n) is 4.46. The number of benzene rings is 1. The van der Waals surface area contributed by atoms with E-state index in [2.05, 4.69) is 15.9 Å². The maximum Gasteiger partial charge on any atom is 0.124 e. The summed E-state index contributed by atoms with van der Waals surface area (Å²) in [6.45, 7) is 0. The van der Waals surface area contributed by atoms with Crippen LogP contribution in [0.25, 0.3) is 0 Å². The average molecular weight is 413 g/mol. The van der Waals surface area contributed by atoms with Gasteiger partial charge in [0.25, 0.3) is 0 Å². The van der Waals surface area contributed by atoms with Crippen LogP contribution in [0.3, 0.4) is 0 Å². The van der Waals surface area contributed by atoms with Gasteiger partial charge < -0.3 is 5.11 Å². The number of hydrogen-bond acceptors (Lipinski definition) is 2. The van der Waals surface area contributed by atoms with Gasteiger partial charge in [0.15, 0.2) is 0 Å². The van der Waals surface area contributed by atoms with Crippen LogP contribution >= 0.6 is 49.9 Å². The molecule has 1 aromatic carbocycles. The first kappa shape index (κ1) is 12.5. The van der Waals surface area contributed by atoms with E-state index >= 15 is 0 Å². The lowest BCUT2D eigenvalue weighted by molar-refractivity contribution is 0.223. The van der Waals surface area contributed by atoms with E-state index in [1.807, 2.05) is 34.7 Å². The minimum absolute atomic E-state index is 0.285. The Balaban J connectivity index is 2.37. The second-order valence-corrected chi connectivity index (χ2v) is 6.87. The standard InChI is InChI=1S/C11H7BrFIOS/c12-10-4-3-9(16-10)11(15)7-2-1-6(13)5-8(7)14/h1-5,11,15H. The van der Waals surface area contributed by atoms with Gasteiger partial charge in [0.05, 0.1) is 3.79 Å². The average Bonchev–Trinajstić information content (AvgIpc) is 2.64. The summed E-state index contributed by atoms with van der Waals surface area (Å²) in [6, 6.07) is 8.15. The van der Waals surface area contributed by atoms with Gasteiger partial charge in [-0.2, -0.15) is 0 Å². The van der Waals surface area contributed by atoms with Crippen molar-refractivity contribution in [3.8, 4) is 0 Å². The summed E-state index contributed by atoms with van der Waals surface area (Å²) in [7, 11) is 0. The lowest BCUT2D eigenvalue weighted by Gasteiger charge is -2.10. The van der Waals surface area contributed by atoms with Gasteiger partial charge in [0.1, 0.15) is 11.9 Å². The van der Waals surface area contributed by atoms with Crippen molar-refractivity contribution in [1.29, 1.82) is 0 Å². The summed E-state index contributed by atoms with van der Waals surface area (Å²) in [6.07, 6.45) is -0.691. The van der Waals surface area contributed by atoms with E-state index in [9.17, 15) is 9.50 Å². The minimum Gasteiger partial charge on any atom is -0.383 e. The molecule has 0 aliphatic carbocycles. The second-order valence-electron chi connectivity index (χ2n) is 3.21. The Kier molecular flexibility index (Phi) is 3.99. The number of rotatable bonds is 2. The molecule has 1 aromatic heterocycles. The van der Waals surface area contributed by atoms with E-state index in [0.29, 0.717) is 0 Å². The SMILES string of the molecule is OC(c1ccc(Br)s1)c1ccc(F)cc1I. The molecule has 16 heavy (non-hydrogen) atoms. The second kappa shape index (κ2) is 5.12. The zero-order valence-electron chi connectivity index (χ0n) is 7.95. The maximum absolute atomic E-state index is 12.9. The Hall–Kier alpha value is 0.0200. The summed E-state index contributed by atoms with van der Waals surface area (Å²) in [5.74, 6) is -0.285. The number of aliphatic hydroxyl groups excluding tert-OH is 1. The van der Waals surface area contributed by atoms with Gasteiger partial charge in [-0.25, -0.2) is 4.39 Å². The van der Waals surface area contributed by atoms with Crippen LogP contribution in [0.5, 0.6) is 0 Å². The van der Waals surface area contributed by atoms with Gasteiger partial charge in [-0.3, -0.25) is 0 Å². The van der Waals surface area contributed by atoms with Crippen LogP contribution in [0.4, 0.5) is 4.39 Å². The van der Waals surface area contributed by atoms with Gasteiger partial charge in [-0.15, -0.1) is 11.3 Å². The highest BCUT2D eigenvalue weighted by Crippen LogP contribution is 2.33. The molecule has 0 bridgehead atoms. The van der Waals surface area contributed by atoms with Crippen molar-refractivity contribution in [3.63, 3.8) is 0 Å². The third kappa shape index (κ3) is 2.64. The Morgan fingerprint density at radius 2 is 2.06 bits per heavy atom. The lowest BCUT2D eigenvalue weighted by Crippen LogP contribution is -2.00. The van der Waals surface area contributed by atoms with Crippen LogP contribution < -0.4 is 0 Å². The summed E-state index contributed by atoms with van der Waals surface area (Å²) >= 11 is 6.85. The largest absolute Gasteiger partial charge is 0.383 e. The fourth-order valence-corrected chi connectivity index (χ4v) is 3.55. The molecule has 1 heterocycles. The van der Waals surface area contributed by atoms with Gasteiger partial charge in [-0.1, -0.05) is 6.07 Å². The first-order valence-corrected chi connectivity index (χ1v) is 7.15. The molecular formula is C11H7BrFIOS. The monoisotopic (exact) mass is 412 g/mol. The molecule has 0 spiro atoms. The lowest BCUT2D eigenvalue weighted by atomic mass is 10.1. The van der Waals surface area contributed by atoms with Crippen LogP contribution in [0, 0.1) is 9.39 Å². The Morgan fingerprint density at radius 3 is 2.62 bits per heavy atom. The van der Waals surface area contributed by atoms with Gasteiger partial charge >= 0.3 is 0 Å². The highest BCUT2D eigenvalue weighted by Gasteiger charge is 2.15. The number of aliphatic hydroxyl groups is 1. The summed E-state index contributed by atoms with van der Waals surface area (Å²) in [4.78, 5) is 0.844. The first-order chi connectivity index (χ1) is 7.58. The summed E-state index contributed by atoms with van der Waals surface area (Å²) in [5, 5.41) is 10.1. The summed E-state index contributed by atoms with van der Waals surface area (Å²) < 4.78 is 14.6. The molecule has 5 heteroatoms. The van der Waals surface area contributed by atoms with E-state index in [1.54, 1.807) is 6.07 Å². The zero-order chi connectivity index (χ0) is 11.7. The van der Waals surface area contributed by atoms with E-state index < -0.39 is 6.10 Å². The predicted octanol–water partition coefficient (Wildman–Crippen LogP) is 4.34. The maximum atomic E-state index is 12.9. The predicted molar refractivity (Wildman–Crippen MR) is 75.2 cm³/mol. The third-order valence-electron chi connectivity index (χ3n) is 2.12. The normalized spacial score (nSPS) is 12.8. The van der Waals surface area contributed by atoms with Crippen molar-refractivity contribution in [1.82, 2.24) is 0 Å². The molecule has 2 aromatic rings. The molecule has 0 radical (unpaired) electrons. The van der Waals surface area contributed by atoms with E-state index in [1.165, 1.54) is 23.5 Å². The van der Waals surface area contributed by atoms with Crippen LogP contribution in [-0.4, -0.2) is 5.11 Å². The fourth-order valence-electron chi connectivity index (χ4n) is 1.35. The molecule has 0 saturated heterocycles. The Labute approximate surface area is 119 Å². The van der Waals surface area contributed by atoms with Crippen LogP contribution in [0.2, 0.25) is 0 Å². The third-order valence-corrected chi connectivity index (χ3v) is 4.73. The Bertz CT molecular complexity index is 514. The number of halogens is 3. The topological polar surface area (TPSA) is 20.2 Å². The molecule has 0 saturated carbocycles. The Morgan fingerprint density at radius 1 is 1.31 bits per heavy atom. The molecule has 2 rings (SSSR count). The van der Waals surface area contributed by atoms with E-state index in [0.717, 1.165) is 17.8 Å². The molecule has 0 amide bonds. The molecule has 0 aliphatic heterocycles. The van der Waals surface area contributed by atoms with E-state index in [-0.39, 0.29) is 5.82 Å².